The molecule has 1 heterocycles. The lowest BCUT2D eigenvalue weighted by atomic mass is 10.1. The zero-order valence-electron chi connectivity index (χ0n) is 16.1. The lowest BCUT2D eigenvalue weighted by Gasteiger charge is -2.32. The number of anilines is 2. The molecule has 1 N–H and O–H groups in total. The van der Waals surface area contributed by atoms with Gasteiger partial charge in [-0.05, 0) is 43.8 Å². The van der Waals surface area contributed by atoms with Crippen LogP contribution >= 0.6 is 11.6 Å². The summed E-state index contributed by atoms with van der Waals surface area (Å²) in [5, 5.41) is 2.93. The summed E-state index contributed by atoms with van der Waals surface area (Å²) in [7, 11) is 1.89. The highest BCUT2D eigenvalue weighted by Crippen LogP contribution is 2.24. The Morgan fingerprint density at radius 3 is 2.71 bits per heavy atom. The van der Waals surface area contributed by atoms with Crippen molar-refractivity contribution in [2.75, 3.05) is 43.6 Å². The van der Waals surface area contributed by atoms with Crippen molar-refractivity contribution in [2.45, 2.75) is 19.5 Å². The molecule has 0 spiro atoms. The first-order chi connectivity index (χ1) is 13.5. The molecule has 3 rings (SSSR count). The number of carbonyl (C=O) groups is 1. The molecule has 1 fully saturated rings. The average Bonchev–Trinajstić information content (AvgIpc) is 2.70. The van der Waals surface area contributed by atoms with Gasteiger partial charge in [-0.25, -0.2) is 4.39 Å². The smallest absolute Gasteiger partial charge is 0.241 e. The molecule has 0 aliphatic carbocycles. The molecule has 1 saturated heterocycles. The van der Waals surface area contributed by atoms with Gasteiger partial charge in [-0.15, -0.1) is 0 Å². The third-order valence-electron chi connectivity index (χ3n) is 4.99. The van der Waals surface area contributed by atoms with E-state index >= 15 is 0 Å². The minimum atomic E-state index is -0.548. The molecule has 0 aromatic heterocycles. The van der Waals surface area contributed by atoms with Gasteiger partial charge in [0.25, 0.3) is 0 Å². The topological polar surface area (TPSA) is 44.8 Å². The fourth-order valence-corrected chi connectivity index (χ4v) is 3.35. The van der Waals surface area contributed by atoms with E-state index in [0.717, 1.165) is 37.6 Å². The first-order valence-electron chi connectivity index (χ1n) is 9.32. The fraction of sp³-hybridized carbons (Fsp3) is 0.381. The van der Waals surface area contributed by atoms with E-state index in [1.165, 1.54) is 12.1 Å². The van der Waals surface area contributed by atoms with Crippen molar-refractivity contribution in [3.63, 3.8) is 0 Å². The van der Waals surface area contributed by atoms with Gasteiger partial charge < -0.3 is 15.0 Å². The highest BCUT2D eigenvalue weighted by atomic mass is 35.5. The van der Waals surface area contributed by atoms with Crippen LogP contribution in [0.25, 0.3) is 0 Å². The number of carbonyl (C=O) groups excluding carboxylic acids is 1. The molecule has 2 aromatic rings. The number of morpholine rings is 1. The minimum absolute atomic E-state index is 0.128. The van der Waals surface area contributed by atoms with Crippen LogP contribution in [-0.4, -0.2) is 50.2 Å². The van der Waals surface area contributed by atoms with Crippen LogP contribution in [0.2, 0.25) is 5.02 Å². The van der Waals surface area contributed by atoms with Crippen molar-refractivity contribution in [2.24, 2.45) is 0 Å². The summed E-state index contributed by atoms with van der Waals surface area (Å²) in [6, 6.07) is 12.0. The number of amides is 1. The van der Waals surface area contributed by atoms with Crippen molar-refractivity contribution < 1.29 is 13.9 Å². The maximum absolute atomic E-state index is 14.0. The van der Waals surface area contributed by atoms with Gasteiger partial charge in [0.1, 0.15) is 5.82 Å². The van der Waals surface area contributed by atoms with Crippen molar-refractivity contribution in [3.8, 4) is 0 Å². The maximum Gasteiger partial charge on any atom is 0.241 e. The van der Waals surface area contributed by atoms with E-state index in [2.05, 4.69) is 22.3 Å². The number of halogens is 2. The molecular formula is C21H25ClFN3O2. The molecule has 28 heavy (non-hydrogen) atoms. The van der Waals surface area contributed by atoms with E-state index in [4.69, 9.17) is 16.3 Å². The number of hydrogen-bond acceptors (Lipinski definition) is 4. The average molecular weight is 406 g/mol. The van der Waals surface area contributed by atoms with Gasteiger partial charge in [-0.1, -0.05) is 29.8 Å². The second kappa shape index (κ2) is 9.37. The van der Waals surface area contributed by atoms with Gasteiger partial charge in [-0.3, -0.25) is 9.69 Å². The Bertz CT molecular complexity index is 827. The number of nitrogens with one attached hydrogen (secondary N) is 1. The molecule has 1 unspecified atom stereocenters. The van der Waals surface area contributed by atoms with Crippen LogP contribution in [0.4, 0.5) is 15.8 Å². The number of rotatable bonds is 6. The van der Waals surface area contributed by atoms with E-state index in [0.29, 0.717) is 11.6 Å². The van der Waals surface area contributed by atoms with Crippen LogP contribution in [0, 0.1) is 5.82 Å². The number of ether oxygens (including phenoxy) is 1. The molecule has 1 atom stereocenters. The molecule has 1 aliphatic rings. The molecular weight excluding hydrogens is 381 g/mol. The second-order valence-electron chi connectivity index (χ2n) is 6.93. The molecule has 1 aliphatic heterocycles. The van der Waals surface area contributed by atoms with E-state index < -0.39 is 11.9 Å². The van der Waals surface area contributed by atoms with Gasteiger partial charge in [0.2, 0.25) is 5.91 Å². The van der Waals surface area contributed by atoms with Gasteiger partial charge >= 0.3 is 0 Å². The van der Waals surface area contributed by atoms with Gasteiger partial charge in [0.05, 0.1) is 24.9 Å². The highest BCUT2D eigenvalue weighted by Gasteiger charge is 2.21. The number of benzene rings is 2. The Balaban J connectivity index is 1.67. The number of para-hydroxylation sites is 1. The van der Waals surface area contributed by atoms with Gasteiger partial charge in [0.15, 0.2) is 0 Å². The predicted octanol–water partition coefficient (Wildman–Crippen LogP) is 3.77. The SMILES string of the molecule is CC(C(=O)Nc1ccc(Cl)cc1F)N(C)Cc1ccccc1N1CCOCC1. The zero-order chi connectivity index (χ0) is 20.1. The van der Waals surface area contributed by atoms with Gasteiger partial charge in [-0.2, -0.15) is 0 Å². The molecule has 7 heteroatoms. The summed E-state index contributed by atoms with van der Waals surface area (Å²) >= 11 is 5.76. The largest absolute Gasteiger partial charge is 0.378 e. The molecule has 1 amide bonds. The molecule has 0 bridgehead atoms. The van der Waals surface area contributed by atoms with Crippen molar-refractivity contribution in [1.29, 1.82) is 0 Å². The van der Waals surface area contributed by atoms with Crippen LogP contribution in [0.5, 0.6) is 0 Å². The molecule has 5 nitrogen and oxygen atoms in total. The standard InChI is InChI=1S/C21H25ClFN3O2/c1-15(21(27)24-19-8-7-17(22)13-18(19)23)25(2)14-16-5-3-4-6-20(16)26-9-11-28-12-10-26/h3-8,13,15H,9-12,14H2,1-2H3,(H,24,27). The summed E-state index contributed by atoms with van der Waals surface area (Å²) in [5.41, 5.74) is 2.43. The monoisotopic (exact) mass is 405 g/mol. The summed E-state index contributed by atoms with van der Waals surface area (Å²) in [6.45, 7) is 5.55. The van der Waals surface area contributed by atoms with Gasteiger partial charge in [0, 0.05) is 30.3 Å². The van der Waals surface area contributed by atoms with Crippen molar-refractivity contribution in [1.82, 2.24) is 4.90 Å². The second-order valence-corrected chi connectivity index (χ2v) is 7.37. The number of likely N-dealkylation sites (N-methyl/N-ethyl adjacent to an activating group) is 1. The van der Waals surface area contributed by atoms with Crippen LogP contribution in [0.1, 0.15) is 12.5 Å². The maximum atomic E-state index is 14.0. The summed E-state index contributed by atoms with van der Waals surface area (Å²) in [4.78, 5) is 16.8. The highest BCUT2D eigenvalue weighted by molar-refractivity contribution is 6.30. The lowest BCUT2D eigenvalue weighted by molar-refractivity contribution is -0.120. The lowest BCUT2D eigenvalue weighted by Crippen LogP contribution is -2.40. The quantitative estimate of drug-likeness (QED) is 0.794. The summed E-state index contributed by atoms with van der Waals surface area (Å²) in [5.74, 6) is -0.819. The van der Waals surface area contributed by atoms with Crippen LogP contribution in [0.15, 0.2) is 42.5 Å². The van der Waals surface area contributed by atoms with E-state index in [1.54, 1.807) is 13.0 Å². The van der Waals surface area contributed by atoms with Crippen LogP contribution in [0.3, 0.4) is 0 Å². The Hall–Kier alpha value is -2.15. The first kappa shape index (κ1) is 20.6. The Morgan fingerprint density at radius 1 is 1.29 bits per heavy atom. The Labute approximate surface area is 170 Å². The Morgan fingerprint density at radius 2 is 2.00 bits per heavy atom. The summed E-state index contributed by atoms with van der Waals surface area (Å²) in [6.07, 6.45) is 0. The Kier molecular flexibility index (Phi) is 6.88. The third kappa shape index (κ3) is 5.01. The molecule has 2 aromatic carbocycles. The van der Waals surface area contributed by atoms with Crippen molar-refractivity contribution >= 4 is 28.9 Å². The normalized spacial score (nSPS) is 15.5. The minimum Gasteiger partial charge on any atom is -0.378 e. The summed E-state index contributed by atoms with van der Waals surface area (Å²) < 4.78 is 19.4. The molecule has 150 valence electrons. The fourth-order valence-electron chi connectivity index (χ4n) is 3.19. The zero-order valence-corrected chi connectivity index (χ0v) is 16.9. The first-order valence-corrected chi connectivity index (χ1v) is 9.70. The van der Waals surface area contributed by atoms with Crippen LogP contribution < -0.4 is 10.2 Å². The van der Waals surface area contributed by atoms with E-state index in [-0.39, 0.29) is 11.6 Å². The third-order valence-corrected chi connectivity index (χ3v) is 5.23. The molecule has 0 saturated carbocycles. The predicted molar refractivity (Wildman–Crippen MR) is 110 cm³/mol. The molecule has 0 radical (unpaired) electrons. The van der Waals surface area contributed by atoms with E-state index in [9.17, 15) is 9.18 Å². The number of nitrogens with zero attached hydrogens (tertiary/aromatic N) is 2. The van der Waals surface area contributed by atoms with Crippen molar-refractivity contribution in [3.05, 3.63) is 58.9 Å². The van der Waals surface area contributed by atoms with Crippen LogP contribution in [-0.2, 0) is 16.1 Å². The number of hydrogen-bond donors (Lipinski definition) is 1. The van der Waals surface area contributed by atoms with E-state index in [1.807, 2.05) is 24.1 Å².